The highest BCUT2D eigenvalue weighted by molar-refractivity contribution is 4.75. The number of hydrogen-bond acceptors (Lipinski definition) is 1. The first-order chi connectivity index (χ1) is 3.79. The number of nitrogens with zero attached hydrogens (tertiary/aromatic N) is 1. The molecule has 0 aromatic carbocycles. The summed E-state index contributed by atoms with van der Waals surface area (Å²) in [5.41, 5.74) is 5.40. The molecule has 0 aromatic rings. The quantitative estimate of drug-likeness (QED) is 0.562. The molecule has 1 rings (SSSR count). The summed E-state index contributed by atoms with van der Waals surface area (Å²) in [7, 11) is 0. The van der Waals surface area contributed by atoms with Crippen LogP contribution in [-0.2, 0) is 0 Å². The Balaban J connectivity index is 1.87. The molecule has 1 aliphatic carbocycles. The lowest BCUT2D eigenvalue weighted by Gasteiger charge is -2.02. The summed E-state index contributed by atoms with van der Waals surface area (Å²) in [5.74, 6) is 0.890. The number of nitrogens with two attached hydrogens (primary N) is 1. The Morgan fingerprint density at radius 2 is 2.38 bits per heavy atom. The molecular weight excluding hydrogens is 100 g/mol. The van der Waals surface area contributed by atoms with Crippen LogP contribution in [0.15, 0.2) is 0 Å². The Morgan fingerprint density at radius 1 is 1.75 bits per heavy atom. The fraction of sp³-hybridized carbons (Fsp3) is 1.00. The van der Waals surface area contributed by atoms with Crippen molar-refractivity contribution in [1.82, 2.24) is 5.32 Å². The smallest absolute Gasteiger partial charge is 0.0682 e. The van der Waals surface area contributed by atoms with E-state index in [1.807, 2.05) is 6.92 Å². The van der Waals surface area contributed by atoms with Crippen LogP contribution in [0, 0.1) is 5.92 Å². The minimum absolute atomic E-state index is 0.0515. The van der Waals surface area contributed by atoms with Crippen LogP contribution in [-0.4, -0.2) is 12.7 Å². The zero-order valence-electron chi connectivity index (χ0n) is 5.30. The fourth-order valence-electron chi connectivity index (χ4n) is 0.616. The van der Waals surface area contributed by atoms with Gasteiger partial charge in [-0.2, -0.15) is 0 Å². The predicted molar refractivity (Wildman–Crippen MR) is 33.4 cm³/mol. The summed E-state index contributed by atoms with van der Waals surface area (Å²) < 4.78 is 0. The molecule has 0 aliphatic heterocycles. The summed E-state index contributed by atoms with van der Waals surface area (Å²) in [6.07, 6.45) is 2.79. The Labute approximate surface area is 50.4 Å². The highest BCUT2D eigenvalue weighted by Crippen LogP contribution is 2.27. The molecule has 1 aliphatic rings. The van der Waals surface area contributed by atoms with Crippen molar-refractivity contribution in [3.05, 3.63) is 0 Å². The van der Waals surface area contributed by atoms with Crippen LogP contribution in [0.4, 0.5) is 0 Å². The first kappa shape index (κ1) is 6.05. The summed E-state index contributed by atoms with van der Waals surface area (Å²) in [5, 5.41) is 4.16. The molecule has 2 nitrogen and oxygen atoms in total. The van der Waals surface area contributed by atoms with Crippen LogP contribution in [0.1, 0.15) is 19.8 Å². The monoisotopic (exact) mass is 113 g/mol. The molecule has 8 heavy (non-hydrogen) atoms. The van der Waals surface area contributed by atoms with Crippen molar-refractivity contribution >= 4 is 0 Å². The van der Waals surface area contributed by atoms with Crippen LogP contribution in [0.5, 0.6) is 0 Å². The van der Waals surface area contributed by atoms with E-state index in [0.717, 1.165) is 12.5 Å². The standard InChI is InChI=1S/C6H13N2/c1-5(7)8-4-6-2-3-6/h5-6H,2-4,7H2,1H3. The molecule has 2 heteroatoms. The molecular formula is C6H13N2. The highest BCUT2D eigenvalue weighted by Gasteiger charge is 2.21. The summed E-state index contributed by atoms with van der Waals surface area (Å²) in [6.45, 7) is 2.92. The van der Waals surface area contributed by atoms with Gasteiger partial charge in [0.05, 0.1) is 6.17 Å². The van der Waals surface area contributed by atoms with E-state index in [0.29, 0.717) is 0 Å². The molecule has 0 spiro atoms. The van der Waals surface area contributed by atoms with Gasteiger partial charge in [0, 0.05) is 6.54 Å². The predicted octanol–water partition coefficient (Wildman–Crippen LogP) is 0.305. The van der Waals surface area contributed by atoms with E-state index in [-0.39, 0.29) is 6.17 Å². The van der Waals surface area contributed by atoms with Crippen molar-refractivity contribution in [2.45, 2.75) is 25.9 Å². The second kappa shape index (κ2) is 2.46. The van der Waals surface area contributed by atoms with Crippen LogP contribution in [0.25, 0.3) is 0 Å². The maximum Gasteiger partial charge on any atom is 0.0682 e. The van der Waals surface area contributed by atoms with Gasteiger partial charge >= 0.3 is 0 Å². The molecule has 1 fully saturated rings. The van der Waals surface area contributed by atoms with Gasteiger partial charge in [-0.15, -0.1) is 0 Å². The van der Waals surface area contributed by atoms with Crippen molar-refractivity contribution < 1.29 is 0 Å². The van der Waals surface area contributed by atoms with E-state index < -0.39 is 0 Å². The van der Waals surface area contributed by atoms with Crippen LogP contribution in [0.3, 0.4) is 0 Å². The molecule has 2 N–H and O–H groups in total. The molecule has 1 atom stereocenters. The third-order valence-corrected chi connectivity index (χ3v) is 1.35. The first-order valence-electron chi connectivity index (χ1n) is 3.21. The molecule has 1 unspecified atom stereocenters. The molecule has 0 aromatic heterocycles. The van der Waals surface area contributed by atoms with E-state index in [1.54, 1.807) is 0 Å². The summed E-state index contributed by atoms with van der Waals surface area (Å²) >= 11 is 0. The number of rotatable bonds is 3. The molecule has 1 radical (unpaired) electrons. The molecule has 0 amide bonds. The van der Waals surface area contributed by atoms with Gasteiger partial charge in [-0.3, -0.25) is 0 Å². The highest BCUT2D eigenvalue weighted by atomic mass is 15.0. The molecule has 47 valence electrons. The van der Waals surface area contributed by atoms with Crippen molar-refractivity contribution in [3.63, 3.8) is 0 Å². The minimum Gasteiger partial charge on any atom is -0.315 e. The SMILES string of the molecule is CC(N)[N]CC1CC1. The number of hydrogen-bond donors (Lipinski definition) is 1. The Bertz CT molecular complexity index is 64.9. The Morgan fingerprint density at radius 3 is 2.75 bits per heavy atom. The van der Waals surface area contributed by atoms with Crippen LogP contribution < -0.4 is 11.1 Å². The van der Waals surface area contributed by atoms with E-state index >= 15 is 0 Å². The van der Waals surface area contributed by atoms with E-state index in [1.165, 1.54) is 12.8 Å². The van der Waals surface area contributed by atoms with E-state index in [9.17, 15) is 0 Å². The lowest BCUT2D eigenvalue weighted by Crippen LogP contribution is -2.28. The maximum atomic E-state index is 5.40. The van der Waals surface area contributed by atoms with Gasteiger partial charge in [-0.05, 0) is 25.7 Å². The minimum atomic E-state index is 0.0515. The second-order valence-corrected chi connectivity index (χ2v) is 2.55. The summed E-state index contributed by atoms with van der Waals surface area (Å²) in [6, 6.07) is 0. The molecule has 0 bridgehead atoms. The fourth-order valence-corrected chi connectivity index (χ4v) is 0.616. The average Bonchev–Trinajstić information content (AvgIpc) is 2.41. The second-order valence-electron chi connectivity index (χ2n) is 2.55. The maximum absolute atomic E-state index is 5.40. The zero-order valence-corrected chi connectivity index (χ0v) is 5.30. The van der Waals surface area contributed by atoms with Gasteiger partial charge < -0.3 is 5.73 Å². The van der Waals surface area contributed by atoms with Gasteiger partial charge in [0.25, 0.3) is 0 Å². The van der Waals surface area contributed by atoms with Crippen molar-refractivity contribution in [2.75, 3.05) is 6.54 Å². The van der Waals surface area contributed by atoms with Crippen LogP contribution in [0.2, 0.25) is 0 Å². The third-order valence-electron chi connectivity index (χ3n) is 1.35. The summed E-state index contributed by atoms with van der Waals surface area (Å²) in [4.78, 5) is 0. The van der Waals surface area contributed by atoms with Crippen molar-refractivity contribution in [3.8, 4) is 0 Å². The Hall–Kier alpha value is -0.0800. The van der Waals surface area contributed by atoms with E-state index in [4.69, 9.17) is 5.73 Å². The average molecular weight is 113 g/mol. The largest absolute Gasteiger partial charge is 0.315 e. The molecule has 1 saturated carbocycles. The van der Waals surface area contributed by atoms with Gasteiger partial charge in [0.15, 0.2) is 0 Å². The van der Waals surface area contributed by atoms with E-state index in [2.05, 4.69) is 5.32 Å². The zero-order chi connectivity index (χ0) is 5.98. The first-order valence-corrected chi connectivity index (χ1v) is 3.21. The van der Waals surface area contributed by atoms with Gasteiger partial charge in [-0.1, -0.05) is 0 Å². The lowest BCUT2D eigenvalue weighted by atomic mass is 10.4. The van der Waals surface area contributed by atoms with Crippen molar-refractivity contribution in [2.24, 2.45) is 11.7 Å². The van der Waals surface area contributed by atoms with Crippen molar-refractivity contribution in [1.29, 1.82) is 0 Å². The molecule has 0 heterocycles. The van der Waals surface area contributed by atoms with Gasteiger partial charge in [-0.25, -0.2) is 5.32 Å². The molecule has 0 saturated heterocycles. The normalized spacial score (nSPS) is 23.2. The van der Waals surface area contributed by atoms with Gasteiger partial charge in [0.2, 0.25) is 0 Å². The lowest BCUT2D eigenvalue weighted by molar-refractivity contribution is 0.531. The van der Waals surface area contributed by atoms with Crippen LogP contribution >= 0.6 is 0 Å². The Kier molecular flexibility index (Phi) is 1.86. The topological polar surface area (TPSA) is 40.1 Å². The van der Waals surface area contributed by atoms with Gasteiger partial charge in [0.1, 0.15) is 0 Å². The third kappa shape index (κ3) is 2.28.